The molecular weight excluding hydrogens is 682 g/mol. The summed E-state index contributed by atoms with van der Waals surface area (Å²) in [5.41, 5.74) is 0.801. The summed E-state index contributed by atoms with van der Waals surface area (Å²) in [7, 11) is 0. The van der Waals surface area contributed by atoms with Crippen molar-refractivity contribution in [3.05, 3.63) is 29.8 Å². The number of hydrogen-bond donors (Lipinski definition) is 4. The van der Waals surface area contributed by atoms with E-state index in [1.807, 2.05) is 24.3 Å². The van der Waals surface area contributed by atoms with Crippen LogP contribution in [-0.4, -0.2) is 149 Å². The van der Waals surface area contributed by atoms with Crippen LogP contribution < -0.4 is 4.74 Å². The van der Waals surface area contributed by atoms with Crippen LogP contribution in [0.15, 0.2) is 24.3 Å². The first-order valence-electron chi connectivity index (χ1n) is 13.6. The van der Waals surface area contributed by atoms with Gasteiger partial charge in [-0.05, 0) is 30.5 Å². The van der Waals surface area contributed by atoms with Gasteiger partial charge in [-0.3, -0.25) is 38.8 Å². The van der Waals surface area contributed by atoms with Crippen molar-refractivity contribution < 1.29 is 84.3 Å². The number of rotatable bonds is 14. The van der Waals surface area contributed by atoms with Crippen LogP contribution in [0.2, 0.25) is 0 Å². The van der Waals surface area contributed by atoms with Gasteiger partial charge in [0.15, 0.2) is 0 Å². The molecule has 13 nitrogen and oxygen atoms in total. The van der Waals surface area contributed by atoms with Gasteiger partial charge in [-0.2, -0.15) is 0 Å². The minimum Gasteiger partial charge on any atom is -0.494 e. The molecule has 2 rings (SSSR count). The quantitative estimate of drug-likeness (QED) is 0.194. The monoisotopic (exact) mass is 724 g/mol. The maximum absolute atomic E-state index is 12.4. The van der Waals surface area contributed by atoms with Crippen LogP contribution in [0.1, 0.15) is 25.3 Å². The van der Waals surface area contributed by atoms with E-state index >= 15 is 0 Å². The van der Waals surface area contributed by atoms with E-state index in [-0.39, 0.29) is 118 Å². The Morgan fingerprint density at radius 2 is 1.15 bits per heavy atom. The number of benzene rings is 1. The molecule has 0 spiro atoms. The number of carbonyl (C=O) groups is 4. The molecule has 0 amide bonds. The molecule has 1 unspecified atom stereocenters. The summed E-state index contributed by atoms with van der Waals surface area (Å²) in [6.07, 6.45) is 2.16. The van der Waals surface area contributed by atoms with Crippen LogP contribution in [0.4, 0.5) is 0 Å². The molecule has 1 aliphatic rings. The standard InChI is InChI=1S/C27H42N4O9.Gd/c1-2-3-16-40-22-6-4-21(5-7-22)17-23(27(38)39)31-14-12-29(19-25(34)35)10-8-28(18-24(32)33)9-11-30(13-15-31)20-26(36)37;/h4-7,23H,2-3,8-20H2,1H3,(H,32,33)(H,34,35)(H,36,37)(H,38,39);. The van der Waals surface area contributed by atoms with E-state index in [9.17, 15) is 39.6 Å². The minimum atomic E-state index is -1.04. The van der Waals surface area contributed by atoms with Gasteiger partial charge in [0.05, 0.1) is 26.2 Å². The van der Waals surface area contributed by atoms with Gasteiger partial charge in [-0.15, -0.1) is 0 Å². The molecule has 0 radical (unpaired) electrons. The largest absolute Gasteiger partial charge is 0.494 e. The van der Waals surface area contributed by atoms with Crippen molar-refractivity contribution in [2.24, 2.45) is 0 Å². The van der Waals surface area contributed by atoms with E-state index in [2.05, 4.69) is 6.92 Å². The van der Waals surface area contributed by atoms with Gasteiger partial charge >= 0.3 is 23.9 Å². The summed E-state index contributed by atoms with van der Waals surface area (Å²) in [5.74, 6) is -3.42. The third-order valence-electron chi connectivity index (χ3n) is 6.79. The van der Waals surface area contributed by atoms with Gasteiger partial charge in [0.25, 0.3) is 0 Å². The second-order valence-corrected chi connectivity index (χ2v) is 9.95. The average Bonchev–Trinajstić information content (AvgIpc) is 2.87. The fourth-order valence-corrected chi connectivity index (χ4v) is 4.56. The van der Waals surface area contributed by atoms with E-state index in [4.69, 9.17) is 4.74 Å². The number of carboxylic acid groups (broad SMARTS) is 4. The molecule has 1 atom stereocenters. The summed E-state index contributed by atoms with van der Waals surface area (Å²) in [6, 6.07) is 6.37. The predicted octanol–water partition coefficient (Wildman–Crippen LogP) is 0.337. The number of unbranched alkanes of at least 4 members (excludes halogenated alkanes) is 1. The molecule has 1 fully saturated rings. The summed E-state index contributed by atoms with van der Waals surface area (Å²) < 4.78 is 5.69. The molecule has 0 bridgehead atoms. The Balaban J connectivity index is 0.00000840. The first-order valence-corrected chi connectivity index (χ1v) is 13.6. The Morgan fingerprint density at radius 1 is 0.732 bits per heavy atom. The molecule has 41 heavy (non-hydrogen) atoms. The first-order chi connectivity index (χ1) is 19.1. The van der Waals surface area contributed by atoms with Crippen LogP contribution >= 0.6 is 0 Å². The predicted molar refractivity (Wildman–Crippen MR) is 146 cm³/mol. The van der Waals surface area contributed by atoms with E-state index < -0.39 is 29.9 Å². The number of hydrogen-bond acceptors (Lipinski definition) is 9. The van der Waals surface area contributed by atoms with Crippen molar-refractivity contribution >= 4 is 23.9 Å². The van der Waals surface area contributed by atoms with E-state index in [0.29, 0.717) is 12.4 Å². The Morgan fingerprint density at radius 3 is 1.51 bits per heavy atom. The van der Waals surface area contributed by atoms with Crippen molar-refractivity contribution in [1.82, 2.24) is 19.6 Å². The zero-order valence-corrected chi connectivity index (χ0v) is 25.7. The van der Waals surface area contributed by atoms with Crippen LogP contribution in [0, 0.1) is 39.9 Å². The molecule has 1 saturated heterocycles. The van der Waals surface area contributed by atoms with Crippen LogP contribution in [0.5, 0.6) is 5.75 Å². The van der Waals surface area contributed by atoms with Crippen molar-refractivity contribution in [3.63, 3.8) is 0 Å². The van der Waals surface area contributed by atoms with Crippen molar-refractivity contribution in [3.8, 4) is 5.75 Å². The normalized spacial score (nSPS) is 17.4. The van der Waals surface area contributed by atoms with Gasteiger partial charge < -0.3 is 25.2 Å². The fourth-order valence-electron chi connectivity index (χ4n) is 4.56. The first kappa shape index (κ1) is 37.1. The second-order valence-electron chi connectivity index (χ2n) is 9.95. The topological polar surface area (TPSA) is 171 Å². The van der Waals surface area contributed by atoms with Crippen LogP contribution in [0.3, 0.4) is 0 Å². The average molecular weight is 724 g/mol. The molecule has 1 aromatic carbocycles. The van der Waals surface area contributed by atoms with Gasteiger partial charge in [-0.1, -0.05) is 25.5 Å². The van der Waals surface area contributed by atoms with Crippen LogP contribution in [0.25, 0.3) is 0 Å². The third kappa shape index (κ3) is 15.2. The Labute approximate surface area is 272 Å². The Bertz CT molecular complexity index is 935. The van der Waals surface area contributed by atoms with E-state index in [1.165, 1.54) is 0 Å². The fraction of sp³-hybridized carbons (Fsp3) is 0.630. The van der Waals surface area contributed by atoms with Crippen molar-refractivity contribution in [2.45, 2.75) is 32.2 Å². The molecule has 1 aliphatic heterocycles. The molecule has 4 N–H and O–H groups in total. The molecule has 0 aliphatic carbocycles. The molecule has 0 aromatic heterocycles. The Kier molecular flexibility index (Phi) is 18.1. The van der Waals surface area contributed by atoms with Crippen molar-refractivity contribution in [2.75, 3.05) is 78.6 Å². The van der Waals surface area contributed by atoms with E-state index in [1.54, 1.807) is 19.6 Å². The zero-order chi connectivity index (χ0) is 29.5. The van der Waals surface area contributed by atoms with Crippen molar-refractivity contribution in [1.29, 1.82) is 0 Å². The molecule has 0 saturated carbocycles. The summed E-state index contributed by atoms with van der Waals surface area (Å²) >= 11 is 0. The van der Waals surface area contributed by atoms with Gasteiger partial charge in [0.2, 0.25) is 0 Å². The SMILES string of the molecule is CCCCOc1ccc(CC(C(=O)O)N2CCN(CC(=O)O)CCN(CC(=O)O)CCN(CC(=O)O)CC2)cc1.[Gd]. The smallest absolute Gasteiger partial charge is 0.321 e. The van der Waals surface area contributed by atoms with Gasteiger partial charge in [0.1, 0.15) is 11.8 Å². The molecule has 1 heterocycles. The summed E-state index contributed by atoms with van der Waals surface area (Å²) in [5, 5.41) is 38.3. The number of nitrogens with zero attached hydrogens (tertiary/aromatic N) is 4. The molecule has 232 valence electrons. The van der Waals surface area contributed by atoms with Gasteiger partial charge in [0, 0.05) is 92.3 Å². The molecule has 1 aromatic rings. The van der Waals surface area contributed by atoms with Gasteiger partial charge in [-0.25, -0.2) is 0 Å². The second kappa shape index (κ2) is 20.1. The summed E-state index contributed by atoms with van der Waals surface area (Å²) in [4.78, 5) is 53.5. The van der Waals surface area contributed by atoms with E-state index in [0.717, 1.165) is 18.4 Å². The maximum Gasteiger partial charge on any atom is 0.321 e. The third-order valence-corrected chi connectivity index (χ3v) is 6.79. The number of aliphatic carboxylic acids is 4. The zero-order valence-electron chi connectivity index (χ0n) is 23.5. The maximum atomic E-state index is 12.4. The Hall–Kier alpha value is -1.94. The molecular formula is C27H42GdN4O9. The summed E-state index contributed by atoms with van der Waals surface area (Å²) in [6.45, 7) is 3.95. The van der Waals surface area contributed by atoms with Crippen LogP contribution in [-0.2, 0) is 25.6 Å². The minimum absolute atomic E-state index is 0. The number of ether oxygens (including phenoxy) is 1. The molecule has 14 heteroatoms. The number of carboxylic acids is 4.